The summed E-state index contributed by atoms with van der Waals surface area (Å²) in [4.78, 5) is 20.6. The van der Waals surface area contributed by atoms with Crippen molar-refractivity contribution >= 4 is 33.7 Å². The predicted octanol–water partition coefficient (Wildman–Crippen LogP) is 5.55. The Kier molecular flexibility index (Phi) is 5.19. The van der Waals surface area contributed by atoms with Gasteiger partial charge in [0.15, 0.2) is 0 Å². The van der Waals surface area contributed by atoms with Crippen molar-refractivity contribution in [1.82, 2.24) is 14.5 Å². The van der Waals surface area contributed by atoms with Gasteiger partial charge in [-0.1, -0.05) is 6.42 Å². The van der Waals surface area contributed by atoms with Gasteiger partial charge in [-0.15, -0.1) is 11.3 Å². The number of likely N-dealkylation sites (N-methyl/N-ethyl adjacent to an activating group) is 1. The van der Waals surface area contributed by atoms with Gasteiger partial charge in [-0.05, 0) is 93.3 Å². The molecule has 3 fully saturated rings. The average Bonchev–Trinajstić information content (AvgIpc) is 3.19. The fraction of sp³-hybridized carbons (Fsp3) is 0.333. The molecule has 174 valence electrons. The molecule has 1 saturated heterocycles. The van der Waals surface area contributed by atoms with Crippen molar-refractivity contribution in [2.45, 2.75) is 43.7 Å². The van der Waals surface area contributed by atoms with Crippen molar-refractivity contribution in [3.8, 4) is 11.4 Å². The number of fused-ring (bicyclic) bond motifs is 1. The summed E-state index contributed by atoms with van der Waals surface area (Å²) in [5.41, 5.74) is 1.97. The molecule has 0 bridgehead atoms. The first kappa shape index (κ1) is 21.4. The van der Waals surface area contributed by atoms with Gasteiger partial charge >= 0.3 is 0 Å². The van der Waals surface area contributed by atoms with Gasteiger partial charge in [-0.3, -0.25) is 14.3 Å². The lowest BCUT2D eigenvalue weighted by Crippen LogP contribution is -2.41. The van der Waals surface area contributed by atoms with E-state index in [4.69, 9.17) is 4.42 Å². The molecule has 34 heavy (non-hydrogen) atoms. The Labute approximate surface area is 201 Å². The van der Waals surface area contributed by atoms with Crippen LogP contribution in [-0.2, 0) is 0 Å². The van der Waals surface area contributed by atoms with E-state index in [2.05, 4.69) is 16.9 Å². The van der Waals surface area contributed by atoms with Crippen LogP contribution in [0.15, 0.2) is 64.3 Å². The molecule has 2 saturated carbocycles. The highest BCUT2D eigenvalue weighted by atomic mass is 32.1. The van der Waals surface area contributed by atoms with Gasteiger partial charge in [-0.2, -0.15) is 0 Å². The highest BCUT2D eigenvalue weighted by Gasteiger charge is 2.69. The standard InChI is InChI=1S/C18H12N2O3S.C9H15N/c21-13-5-3-12(4-6-13)20-11-19-16-10-15(24-17(16)18(20)22)8-7-14-2-1-9-23-14;1-10-8-4-2-3-7-5-6-9(7,8)10/h1-11,21H;7-8H,2-6H2,1H3/b8-7+;. The maximum atomic E-state index is 12.7. The van der Waals surface area contributed by atoms with E-state index in [0.29, 0.717) is 15.9 Å². The number of thiophene rings is 1. The van der Waals surface area contributed by atoms with Crippen LogP contribution in [0.1, 0.15) is 42.7 Å². The number of aromatic hydroxyl groups is 1. The third-order valence-electron chi connectivity index (χ3n) is 7.80. The molecule has 1 N–H and O–H groups in total. The first-order valence-corrected chi connectivity index (χ1v) is 12.6. The van der Waals surface area contributed by atoms with Crippen LogP contribution in [0.5, 0.6) is 5.75 Å². The van der Waals surface area contributed by atoms with Gasteiger partial charge in [0.2, 0.25) is 0 Å². The number of rotatable bonds is 3. The lowest BCUT2D eigenvalue weighted by molar-refractivity contribution is 0.145. The largest absolute Gasteiger partial charge is 0.508 e. The molecule has 0 radical (unpaired) electrons. The zero-order valence-electron chi connectivity index (χ0n) is 19.1. The van der Waals surface area contributed by atoms with E-state index in [9.17, 15) is 9.90 Å². The highest BCUT2D eigenvalue weighted by molar-refractivity contribution is 7.19. The monoisotopic (exact) mass is 473 g/mol. The van der Waals surface area contributed by atoms with Crippen LogP contribution in [-0.4, -0.2) is 38.2 Å². The molecule has 0 amide bonds. The van der Waals surface area contributed by atoms with E-state index in [-0.39, 0.29) is 11.3 Å². The van der Waals surface area contributed by atoms with Gasteiger partial charge in [0.05, 0.1) is 17.5 Å². The van der Waals surface area contributed by atoms with Gasteiger partial charge in [0, 0.05) is 16.5 Å². The molecule has 7 rings (SSSR count). The van der Waals surface area contributed by atoms with Crippen molar-refractivity contribution in [3.05, 3.63) is 76.0 Å². The zero-order valence-corrected chi connectivity index (χ0v) is 19.9. The fourth-order valence-electron chi connectivity index (χ4n) is 5.87. The number of hydrogen-bond donors (Lipinski definition) is 1. The van der Waals surface area contributed by atoms with E-state index >= 15 is 0 Å². The number of aromatic nitrogens is 2. The van der Waals surface area contributed by atoms with Crippen molar-refractivity contribution < 1.29 is 9.52 Å². The van der Waals surface area contributed by atoms with Crippen molar-refractivity contribution in [2.24, 2.45) is 5.92 Å². The molecule has 3 aliphatic rings. The second kappa shape index (κ2) is 8.25. The number of nitrogens with zero attached hydrogens (tertiary/aromatic N) is 3. The molecule has 4 heterocycles. The Morgan fingerprint density at radius 3 is 2.71 bits per heavy atom. The molecule has 2 aliphatic carbocycles. The molecule has 6 nitrogen and oxygen atoms in total. The molecule has 3 aromatic heterocycles. The van der Waals surface area contributed by atoms with E-state index < -0.39 is 0 Å². The van der Waals surface area contributed by atoms with Gasteiger partial charge in [0.1, 0.15) is 22.5 Å². The summed E-state index contributed by atoms with van der Waals surface area (Å²) in [7, 11) is 2.32. The number of hydrogen-bond acceptors (Lipinski definition) is 6. The zero-order chi connectivity index (χ0) is 23.3. The van der Waals surface area contributed by atoms with Gasteiger partial charge in [-0.25, -0.2) is 4.98 Å². The third-order valence-corrected chi connectivity index (χ3v) is 8.88. The molecule has 1 aliphatic heterocycles. The average molecular weight is 474 g/mol. The van der Waals surface area contributed by atoms with Gasteiger partial charge in [0.25, 0.3) is 5.56 Å². The first-order valence-electron chi connectivity index (χ1n) is 11.8. The molecule has 4 aromatic rings. The Morgan fingerprint density at radius 1 is 1.18 bits per heavy atom. The van der Waals surface area contributed by atoms with Gasteiger partial charge < -0.3 is 9.52 Å². The summed E-state index contributed by atoms with van der Waals surface area (Å²) >= 11 is 1.38. The Balaban J connectivity index is 0.000000178. The highest BCUT2D eigenvalue weighted by Crippen LogP contribution is 2.63. The SMILES string of the molecule is CN1C2CCCC3CCC321.O=c1c2sc(/C=C/c3ccco3)cc2ncn1-c1ccc(O)cc1. The van der Waals surface area contributed by atoms with Crippen LogP contribution >= 0.6 is 11.3 Å². The summed E-state index contributed by atoms with van der Waals surface area (Å²) in [6.07, 6.45) is 14.4. The minimum absolute atomic E-state index is 0.131. The summed E-state index contributed by atoms with van der Waals surface area (Å²) in [6, 6.07) is 13.0. The second-order valence-electron chi connectivity index (χ2n) is 9.43. The minimum atomic E-state index is -0.131. The fourth-order valence-corrected chi connectivity index (χ4v) is 6.82. The maximum Gasteiger partial charge on any atom is 0.275 e. The lowest BCUT2D eigenvalue weighted by Gasteiger charge is -2.40. The molecule has 4 unspecified atom stereocenters. The number of phenolic OH excluding ortho intramolecular Hbond substituents is 1. The number of likely N-dealkylation sites (tertiary alicyclic amines) is 1. The van der Waals surface area contributed by atoms with Crippen molar-refractivity contribution in [3.63, 3.8) is 0 Å². The number of benzene rings is 1. The summed E-state index contributed by atoms with van der Waals surface area (Å²) in [6.45, 7) is 0. The van der Waals surface area contributed by atoms with Crippen LogP contribution in [0.2, 0.25) is 0 Å². The van der Waals surface area contributed by atoms with E-state index in [1.165, 1.54) is 66.5 Å². The van der Waals surface area contributed by atoms with Crippen molar-refractivity contribution in [1.29, 1.82) is 0 Å². The summed E-state index contributed by atoms with van der Waals surface area (Å²) in [5, 5.41) is 9.37. The predicted molar refractivity (Wildman–Crippen MR) is 135 cm³/mol. The van der Waals surface area contributed by atoms with E-state index in [1.807, 2.05) is 30.4 Å². The Hall–Kier alpha value is -3.16. The van der Waals surface area contributed by atoms with Crippen LogP contribution in [0.4, 0.5) is 0 Å². The van der Waals surface area contributed by atoms with E-state index in [1.54, 1.807) is 18.4 Å². The lowest BCUT2D eigenvalue weighted by atomic mass is 9.65. The number of phenols is 1. The first-order chi connectivity index (χ1) is 16.6. The molecule has 4 atom stereocenters. The van der Waals surface area contributed by atoms with Crippen LogP contribution < -0.4 is 5.56 Å². The third kappa shape index (κ3) is 3.51. The molecule has 1 aromatic carbocycles. The summed E-state index contributed by atoms with van der Waals surface area (Å²) < 4.78 is 7.31. The summed E-state index contributed by atoms with van der Waals surface area (Å²) in [5.74, 6) is 2.01. The minimum Gasteiger partial charge on any atom is -0.508 e. The quantitative estimate of drug-likeness (QED) is 0.395. The van der Waals surface area contributed by atoms with Crippen LogP contribution in [0, 0.1) is 5.92 Å². The molecular formula is C27H27N3O3S. The topological polar surface area (TPSA) is 71.3 Å². The smallest absolute Gasteiger partial charge is 0.275 e. The van der Waals surface area contributed by atoms with Crippen LogP contribution in [0.3, 0.4) is 0 Å². The molecule has 7 heteroatoms. The molecular weight excluding hydrogens is 446 g/mol. The van der Waals surface area contributed by atoms with Crippen LogP contribution in [0.25, 0.3) is 28.1 Å². The van der Waals surface area contributed by atoms with Crippen molar-refractivity contribution in [2.75, 3.05) is 7.05 Å². The Bertz CT molecular complexity index is 1400. The Morgan fingerprint density at radius 2 is 2.03 bits per heavy atom. The second-order valence-corrected chi connectivity index (χ2v) is 10.5. The van der Waals surface area contributed by atoms with E-state index in [0.717, 1.165) is 28.1 Å². The molecule has 1 spiro atoms. The normalized spacial score (nSPS) is 26.9. The maximum absolute atomic E-state index is 12.7. The number of furan rings is 1.